The third-order valence-electron chi connectivity index (χ3n) is 8.38. The van der Waals surface area contributed by atoms with Crippen LogP contribution in [-0.2, 0) is 0 Å². The minimum absolute atomic E-state index is 0.259. The lowest BCUT2D eigenvalue weighted by atomic mass is 9.90. The van der Waals surface area contributed by atoms with Gasteiger partial charge in [0.2, 0.25) is 0 Å². The average Bonchev–Trinajstić information content (AvgIpc) is 2.98. The van der Waals surface area contributed by atoms with Crippen molar-refractivity contribution in [3.8, 4) is 0 Å². The van der Waals surface area contributed by atoms with E-state index in [9.17, 15) is 0 Å². The van der Waals surface area contributed by atoms with Gasteiger partial charge in [0.15, 0.2) is 0 Å². The number of hydrogen-bond donors (Lipinski definition) is 0. The van der Waals surface area contributed by atoms with Crippen LogP contribution in [0.25, 0.3) is 0 Å². The quantitative estimate of drug-likeness (QED) is 0.0997. The lowest BCUT2D eigenvalue weighted by Crippen LogP contribution is -2.06. The molecule has 0 aromatic heterocycles. The van der Waals surface area contributed by atoms with E-state index >= 15 is 0 Å². The molecule has 0 aliphatic carbocycles. The first kappa shape index (κ1) is 61.0. The topological polar surface area (TPSA) is 0 Å². The molecule has 324 valence electrons. The van der Waals surface area contributed by atoms with E-state index in [4.69, 9.17) is 0 Å². The lowest BCUT2D eigenvalue weighted by Gasteiger charge is -2.21. The Morgan fingerprint density at radius 3 is 1.00 bits per heavy atom. The summed E-state index contributed by atoms with van der Waals surface area (Å²) in [6, 6.07) is 0. The first-order valence-electron chi connectivity index (χ1n) is 21.6. The van der Waals surface area contributed by atoms with Crippen molar-refractivity contribution in [3.63, 3.8) is 0 Å². The highest BCUT2D eigenvalue weighted by Crippen LogP contribution is 2.34. The first-order chi connectivity index (χ1) is 24.3. The van der Waals surface area contributed by atoms with Crippen LogP contribution in [0.4, 0.5) is 0 Å². The van der Waals surface area contributed by atoms with E-state index in [1.165, 1.54) is 120 Å². The summed E-state index contributed by atoms with van der Waals surface area (Å²) in [6.45, 7) is 59.1. The van der Waals surface area contributed by atoms with Gasteiger partial charge < -0.3 is 0 Å². The van der Waals surface area contributed by atoms with Crippen molar-refractivity contribution < 1.29 is 0 Å². The summed E-state index contributed by atoms with van der Waals surface area (Å²) < 4.78 is 0. The number of unbranched alkanes of at least 4 members (excludes halogenated alkanes) is 4. The molecule has 0 saturated carbocycles. The number of allylic oxidation sites excluding steroid dienone is 4. The molecule has 0 radical (unpaired) electrons. The summed E-state index contributed by atoms with van der Waals surface area (Å²) in [5.41, 5.74) is 2.26. The van der Waals surface area contributed by atoms with E-state index in [0.29, 0.717) is 27.6 Å². The van der Waals surface area contributed by atoms with Gasteiger partial charge in [-0.25, -0.2) is 0 Å². The van der Waals surface area contributed by atoms with Gasteiger partial charge in [-0.05, 0) is 140 Å². The molecule has 54 heavy (non-hydrogen) atoms. The maximum atomic E-state index is 4.14. The molecular formula is C50H100S4. The molecule has 0 rings (SSSR count). The zero-order chi connectivity index (χ0) is 43.2. The standard InChI is InChI=1S/C14H28S.C13H26S.C12H24S.C11H22S/c1-12(14(5,6)7)15-11-9-8-10-13(2,3)4;1-11(2)12(3)14-10-8-7-9-13(4,5)6;1-6-11(2)13-10-8-7-9-12(3,4)5;1-10(2)12-9-7-6-8-11(3,4)5/h1,8-11H2,2-7H3;11H,3,7-10H2,1-2,4-6H3;2,6-10H2,1,3-5H3;1,6-9H2,2-5H3. The van der Waals surface area contributed by atoms with E-state index in [1.54, 1.807) is 0 Å². The Labute approximate surface area is 361 Å². The van der Waals surface area contributed by atoms with Gasteiger partial charge in [0, 0.05) is 0 Å². The second-order valence-electron chi connectivity index (χ2n) is 21.4. The van der Waals surface area contributed by atoms with E-state index < -0.39 is 0 Å². The normalized spacial score (nSPS) is 12.1. The molecule has 0 aliphatic heterocycles. The second kappa shape index (κ2) is 33.2. The molecule has 0 spiro atoms. The number of hydrogen-bond acceptors (Lipinski definition) is 4. The molecule has 0 heterocycles. The zero-order valence-electron chi connectivity index (χ0n) is 40.6. The first-order valence-corrected chi connectivity index (χ1v) is 25.5. The molecule has 4 heteroatoms. The fraction of sp³-hybridized carbons (Fsp3) is 0.840. The van der Waals surface area contributed by atoms with Crippen LogP contribution in [0, 0.1) is 33.0 Å². The molecule has 0 amide bonds. The molecule has 0 atom stereocenters. The van der Waals surface area contributed by atoms with Gasteiger partial charge >= 0.3 is 0 Å². The Hall–Kier alpha value is 0.360. The molecule has 0 saturated heterocycles. The molecule has 0 fully saturated rings. The van der Waals surface area contributed by atoms with Crippen LogP contribution in [0.2, 0.25) is 0 Å². The van der Waals surface area contributed by atoms with Crippen LogP contribution >= 0.6 is 47.0 Å². The SMILES string of the molecule is C=C(C)SCCCCC(C)(C)C.C=C(CC)SCCCCC(C)(C)C.C=C(SCCCCC(C)(C)C)C(C)(C)C.C=C(SCCCCC(C)(C)C)C(C)C. The Morgan fingerprint density at radius 1 is 0.444 bits per heavy atom. The summed E-state index contributed by atoms with van der Waals surface area (Å²) in [6.07, 6.45) is 17.2. The largest absolute Gasteiger partial charge is 0.132 e. The Morgan fingerprint density at radius 2 is 0.741 bits per heavy atom. The van der Waals surface area contributed by atoms with Crippen molar-refractivity contribution in [2.75, 3.05) is 23.0 Å². The van der Waals surface area contributed by atoms with Crippen LogP contribution in [0.15, 0.2) is 45.9 Å². The third-order valence-corrected chi connectivity index (χ3v) is 13.3. The van der Waals surface area contributed by atoms with Crippen molar-refractivity contribution in [2.24, 2.45) is 33.0 Å². The smallest absolute Gasteiger partial charge is 0.00232 e. The fourth-order valence-electron chi connectivity index (χ4n) is 4.38. The number of rotatable bonds is 22. The van der Waals surface area contributed by atoms with E-state index in [0.717, 1.165) is 6.42 Å². The van der Waals surface area contributed by atoms with Gasteiger partial charge in [-0.3, -0.25) is 0 Å². The van der Waals surface area contributed by atoms with Crippen molar-refractivity contribution >= 4 is 47.0 Å². The molecular weight excluding hydrogens is 729 g/mol. The number of thioether (sulfide) groups is 4. The maximum Gasteiger partial charge on any atom is -0.00232 e. The average molecular weight is 830 g/mol. The predicted octanol–water partition coefficient (Wildman–Crippen LogP) is 19.9. The van der Waals surface area contributed by atoms with Crippen LogP contribution in [0.5, 0.6) is 0 Å². The summed E-state index contributed by atoms with van der Waals surface area (Å²) >= 11 is 7.70. The lowest BCUT2D eigenvalue weighted by molar-refractivity contribution is 0.364. The van der Waals surface area contributed by atoms with Crippen molar-refractivity contribution in [1.82, 2.24) is 0 Å². The Kier molecular flexibility index (Phi) is 37.5. The van der Waals surface area contributed by atoms with Crippen molar-refractivity contribution in [2.45, 2.75) is 215 Å². The molecule has 0 aromatic carbocycles. The van der Waals surface area contributed by atoms with Crippen LogP contribution < -0.4 is 0 Å². The summed E-state index contributed by atoms with van der Waals surface area (Å²) in [5, 5.41) is 0. The fourth-order valence-corrected chi connectivity index (χ4v) is 7.89. The van der Waals surface area contributed by atoms with Crippen molar-refractivity contribution in [3.05, 3.63) is 45.9 Å². The predicted molar refractivity (Wildman–Crippen MR) is 270 cm³/mol. The molecule has 0 N–H and O–H groups in total. The van der Waals surface area contributed by atoms with Gasteiger partial charge in [-0.2, -0.15) is 0 Å². The maximum absolute atomic E-state index is 4.14. The van der Waals surface area contributed by atoms with Crippen molar-refractivity contribution in [1.29, 1.82) is 0 Å². The third kappa shape index (κ3) is 59.1. The van der Waals surface area contributed by atoms with Gasteiger partial charge in [0.05, 0.1) is 0 Å². The summed E-state index contributed by atoms with van der Waals surface area (Å²) in [7, 11) is 0. The van der Waals surface area contributed by atoms with Crippen LogP contribution in [0.3, 0.4) is 0 Å². The second-order valence-corrected chi connectivity index (χ2v) is 26.4. The molecule has 0 nitrogen and oxygen atoms in total. The zero-order valence-corrected chi connectivity index (χ0v) is 43.8. The van der Waals surface area contributed by atoms with Gasteiger partial charge in [-0.15, -0.1) is 47.0 Å². The molecule has 0 bridgehead atoms. The summed E-state index contributed by atoms with van der Waals surface area (Å²) in [5.74, 6) is 5.59. The monoisotopic (exact) mass is 829 g/mol. The molecule has 0 aliphatic rings. The molecule has 0 aromatic rings. The summed E-state index contributed by atoms with van der Waals surface area (Å²) in [4.78, 5) is 5.22. The molecule has 0 unspecified atom stereocenters. The van der Waals surface area contributed by atoms with Gasteiger partial charge in [0.25, 0.3) is 0 Å². The van der Waals surface area contributed by atoms with Crippen LogP contribution in [-0.4, -0.2) is 23.0 Å². The highest BCUT2D eigenvalue weighted by Gasteiger charge is 2.15. The van der Waals surface area contributed by atoms with Gasteiger partial charge in [-0.1, -0.05) is 177 Å². The van der Waals surface area contributed by atoms with E-state index in [2.05, 4.69) is 158 Å². The Balaban J connectivity index is -0.000000310. The van der Waals surface area contributed by atoms with Gasteiger partial charge in [0.1, 0.15) is 0 Å². The highest BCUT2D eigenvalue weighted by atomic mass is 32.2. The minimum atomic E-state index is 0.259. The Bertz CT molecular complexity index is 936. The van der Waals surface area contributed by atoms with E-state index in [-0.39, 0.29) is 5.41 Å². The minimum Gasteiger partial charge on any atom is -0.132 e. The highest BCUT2D eigenvalue weighted by molar-refractivity contribution is 8.03. The van der Waals surface area contributed by atoms with E-state index in [1.807, 2.05) is 47.0 Å². The van der Waals surface area contributed by atoms with Crippen LogP contribution in [0.1, 0.15) is 215 Å².